The van der Waals surface area contributed by atoms with Crippen LogP contribution in [0.3, 0.4) is 0 Å². The van der Waals surface area contributed by atoms with Crippen LogP contribution in [-0.2, 0) is 4.79 Å². The van der Waals surface area contributed by atoms with Crippen LogP contribution in [0.25, 0.3) is 6.08 Å². The Balaban J connectivity index is 2.53. The lowest BCUT2D eigenvalue weighted by Gasteiger charge is -2.08. The monoisotopic (exact) mass is 238 g/mol. The highest BCUT2D eigenvalue weighted by Gasteiger charge is 2.00. The van der Waals surface area contributed by atoms with Gasteiger partial charge in [-0.2, -0.15) is 0 Å². The van der Waals surface area contributed by atoms with E-state index in [1.807, 2.05) is 19.1 Å². The van der Waals surface area contributed by atoms with E-state index in [0.29, 0.717) is 11.6 Å². The summed E-state index contributed by atoms with van der Waals surface area (Å²) in [5.74, 6) is -0.145. The molecule has 1 unspecified atom stereocenters. The highest BCUT2D eigenvalue weighted by Crippen LogP contribution is 2.10. The maximum absolute atomic E-state index is 11.4. The normalized spacial score (nSPS) is 12.7. The number of hydrogen-bond acceptors (Lipinski definition) is 2. The molecule has 0 spiro atoms. The van der Waals surface area contributed by atoms with E-state index in [2.05, 4.69) is 5.32 Å². The number of carbonyl (C=O) groups is 1. The minimum Gasteiger partial charge on any atom is -0.349 e. The van der Waals surface area contributed by atoms with Crippen molar-refractivity contribution in [2.45, 2.75) is 13.0 Å². The van der Waals surface area contributed by atoms with E-state index in [4.69, 9.17) is 17.3 Å². The van der Waals surface area contributed by atoms with Gasteiger partial charge in [-0.1, -0.05) is 23.7 Å². The highest BCUT2D eigenvalue weighted by atomic mass is 35.5. The van der Waals surface area contributed by atoms with Gasteiger partial charge in [0.25, 0.3) is 0 Å². The molecule has 0 saturated heterocycles. The first-order valence-corrected chi connectivity index (χ1v) is 5.44. The molecule has 0 heterocycles. The molecule has 0 bridgehead atoms. The number of carbonyl (C=O) groups excluding carboxylic acids is 1. The lowest BCUT2D eigenvalue weighted by molar-refractivity contribution is -0.116. The van der Waals surface area contributed by atoms with Crippen LogP contribution in [0.2, 0.25) is 5.02 Å². The molecule has 1 amide bonds. The van der Waals surface area contributed by atoms with Gasteiger partial charge in [0.1, 0.15) is 0 Å². The van der Waals surface area contributed by atoms with Gasteiger partial charge in [-0.25, -0.2) is 0 Å². The zero-order chi connectivity index (χ0) is 12.0. The Morgan fingerprint density at radius 2 is 2.12 bits per heavy atom. The summed E-state index contributed by atoms with van der Waals surface area (Å²) in [7, 11) is 0. The molecule has 0 fully saturated rings. The fraction of sp³-hybridized carbons (Fsp3) is 0.250. The van der Waals surface area contributed by atoms with Gasteiger partial charge in [0.15, 0.2) is 0 Å². The molecule has 1 aromatic rings. The van der Waals surface area contributed by atoms with Gasteiger partial charge in [-0.15, -0.1) is 0 Å². The molecule has 16 heavy (non-hydrogen) atoms. The zero-order valence-electron chi connectivity index (χ0n) is 9.11. The maximum atomic E-state index is 11.4. The quantitative estimate of drug-likeness (QED) is 0.787. The number of hydrogen-bond donors (Lipinski definition) is 2. The largest absolute Gasteiger partial charge is 0.349 e. The Bertz CT molecular complexity index is 373. The van der Waals surface area contributed by atoms with Crippen molar-refractivity contribution in [3.8, 4) is 0 Å². The van der Waals surface area contributed by atoms with Crippen LogP contribution >= 0.6 is 11.6 Å². The predicted molar refractivity (Wildman–Crippen MR) is 67.1 cm³/mol. The molecule has 0 aliphatic rings. The molecular formula is C12H15ClN2O. The molecule has 1 aromatic carbocycles. The summed E-state index contributed by atoms with van der Waals surface area (Å²) >= 11 is 5.74. The van der Waals surface area contributed by atoms with Crippen molar-refractivity contribution < 1.29 is 4.79 Å². The molecule has 3 nitrogen and oxygen atoms in total. The smallest absolute Gasteiger partial charge is 0.244 e. The average molecular weight is 239 g/mol. The second kappa shape index (κ2) is 6.30. The van der Waals surface area contributed by atoms with Gasteiger partial charge in [0, 0.05) is 23.7 Å². The predicted octanol–water partition coefficient (Wildman–Crippen LogP) is 1.82. The first-order chi connectivity index (χ1) is 7.61. The van der Waals surface area contributed by atoms with E-state index in [1.54, 1.807) is 18.2 Å². The molecule has 3 N–H and O–H groups in total. The van der Waals surface area contributed by atoms with E-state index in [1.165, 1.54) is 6.08 Å². The van der Waals surface area contributed by atoms with E-state index in [-0.39, 0.29) is 11.9 Å². The van der Waals surface area contributed by atoms with Crippen molar-refractivity contribution in [3.05, 3.63) is 40.9 Å². The lowest BCUT2D eigenvalue weighted by atomic mass is 10.2. The van der Waals surface area contributed by atoms with Crippen molar-refractivity contribution in [2.24, 2.45) is 5.73 Å². The molecular weight excluding hydrogens is 224 g/mol. The van der Waals surface area contributed by atoms with Crippen molar-refractivity contribution >= 4 is 23.6 Å². The van der Waals surface area contributed by atoms with Crippen LogP contribution in [0, 0.1) is 0 Å². The summed E-state index contributed by atoms with van der Waals surface area (Å²) in [6, 6.07) is 7.24. The van der Waals surface area contributed by atoms with E-state index in [9.17, 15) is 4.79 Å². The van der Waals surface area contributed by atoms with Crippen LogP contribution in [0.1, 0.15) is 12.5 Å². The average Bonchev–Trinajstić information content (AvgIpc) is 2.28. The number of nitrogens with two attached hydrogens (primary N) is 1. The number of nitrogens with one attached hydrogen (secondary N) is 1. The molecule has 1 rings (SSSR count). The number of halogens is 1. The Morgan fingerprint density at radius 1 is 1.50 bits per heavy atom. The first-order valence-electron chi connectivity index (χ1n) is 5.06. The van der Waals surface area contributed by atoms with Gasteiger partial charge >= 0.3 is 0 Å². The SMILES string of the molecule is CC(CN)NC(=O)C=Cc1ccc(Cl)cc1. The Morgan fingerprint density at radius 3 is 2.69 bits per heavy atom. The second-order valence-corrected chi connectivity index (χ2v) is 3.97. The van der Waals surface area contributed by atoms with Crippen molar-refractivity contribution in [2.75, 3.05) is 6.54 Å². The lowest BCUT2D eigenvalue weighted by Crippen LogP contribution is -2.36. The third-order valence-electron chi connectivity index (χ3n) is 2.04. The van der Waals surface area contributed by atoms with Crippen molar-refractivity contribution in [1.29, 1.82) is 0 Å². The standard InChI is InChI=1S/C12H15ClN2O/c1-9(8-14)15-12(16)7-4-10-2-5-11(13)6-3-10/h2-7,9H,8,14H2,1H3,(H,15,16). The summed E-state index contributed by atoms with van der Waals surface area (Å²) < 4.78 is 0. The van der Waals surface area contributed by atoms with Crippen LogP contribution in [0.5, 0.6) is 0 Å². The summed E-state index contributed by atoms with van der Waals surface area (Å²) in [6.45, 7) is 2.29. The molecule has 86 valence electrons. The minimum atomic E-state index is -0.145. The molecule has 0 aliphatic heterocycles. The fourth-order valence-corrected chi connectivity index (χ4v) is 1.22. The van der Waals surface area contributed by atoms with Gasteiger partial charge in [0.05, 0.1) is 0 Å². The number of amides is 1. The third-order valence-corrected chi connectivity index (χ3v) is 2.29. The molecule has 0 radical (unpaired) electrons. The minimum absolute atomic E-state index is 0.0117. The third kappa shape index (κ3) is 4.47. The van der Waals surface area contributed by atoms with Gasteiger partial charge < -0.3 is 11.1 Å². The Hall–Kier alpha value is -1.32. The molecule has 0 aliphatic carbocycles. The van der Waals surface area contributed by atoms with Gasteiger partial charge in [-0.3, -0.25) is 4.79 Å². The number of rotatable bonds is 4. The first kappa shape index (κ1) is 12.7. The summed E-state index contributed by atoms with van der Waals surface area (Å²) in [5, 5.41) is 3.41. The zero-order valence-corrected chi connectivity index (χ0v) is 9.87. The fourth-order valence-electron chi connectivity index (χ4n) is 1.10. The van der Waals surface area contributed by atoms with Crippen molar-refractivity contribution in [3.63, 3.8) is 0 Å². The van der Waals surface area contributed by atoms with E-state index < -0.39 is 0 Å². The van der Waals surface area contributed by atoms with Gasteiger partial charge in [0.2, 0.25) is 5.91 Å². The Kier molecular flexibility index (Phi) is 5.02. The second-order valence-electron chi connectivity index (χ2n) is 3.53. The van der Waals surface area contributed by atoms with E-state index in [0.717, 1.165) is 5.56 Å². The van der Waals surface area contributed by atoms with Crippen LogP contribution < -0.4 is 11.1 Å². The molecule has 0 aromatic heterocycles. The van der Waals surface area contributed by atoms with Crippen LogP contribution in [0.15, 0.2) is 30.3 Å². The topological polar surface area (TPSA) is 55.1 Å². The highest BCUT2D eigenvalue weighted by molar-refractivity contribution is 6.30. The van der Waals surface area contributed by atoms with E-state index >= 15 is 0 Å². The van der Waals surface area contributed by atoms with Crippen molar-refractivity contribution in [1.82, 2.24) is 5.32 Å². The summed E-state index contributed by atoms with van der Waals surface area (Å²) in [4.78, 5) is 11.4. The molecule has 0 saturated carbocycles. The van der Waals surface area contributed by atoms with Crippen LogP contribution in [0.4, 0.5) is 0 Å². The molecule has 4 heteroatoms. The number of benzene rings is 1. The molecule has 1 atom stereocenters. The maximum Gasteiger partial charge on any atom is 0.244 e. The van der Waals surface area contributed by atoms with Crippen LogP contribution in [-0.4, -0.2) is 18.5 Å². The van der Waals surface area contributed by atoms with Gasteiger partial charge in [-0.05, 0) is 30.7 Å². The Labute approximate surface area is 100 Å². The summed E-state index contributed by atoms with van der Waals surface area (Å²) in [6.07, 6.45) is 3.21. The summed E-state index contributed by atoms with van der Waals surface area (Å²) in [5.41, 5.74) is 6.32.